The summed E-state index contributed by atoms with van der Waals surface area (Å²) in [6.07, 6.45) is 0. The van der Waals surface area contributed by atoms with Gasteiger partial charge in [0.2, 0.25) is 11.6 Å². The Morgan fingerprint density at radius 2 is 0.614 bits per heavy atom. The molecule has 0 fully saturated rings. The second-order valence-corrected chi connectivity index (χ2v) is 9.31. The molecule has 13 heteroatoms. The van der Waals surface area contributed by atoms with Crippen LogP contribution < -0.4 is 0 Å². The van der Waals surface area contributed by atoms with Crippen molar-refractivity contribution in [2.24, 2.45) is 0 Å². The van der Waals surface area contributed by atoms with Gasteiger partial charge in [-0.25, -0.2) is 43.9 Å². The summed E-state index contributed by atoms with van der Waals surface area (Å²) in [4.78, 5) is 0. The molecule has 0 amide bonds. The SMILES string of the molecule is Fc1c(F)c(F)c(-c2c(F)c(F)c(F)c(F)c2F)c(F)c1F.[O]=[Al][O]C(c1ccccc1)(c1ccccc1)c1ccccc1. The van der Waals surface area contributed by atoms with Crippen LogP contribution in [0.3, 0.4) is 0 Å². The normalized spacial score (nSPS) is 11.0. The van der Waals surface area contributed by atoms with Crippen LogP contribution in [0, 0.1) is 58.2 Å². The van der Waals surface area contributed by atoms with E-state index in [9.17, 15) is 47.7 Å². The minimum absolute atomic E-state index is 0.846. The molecule has 2 nitrogen and oxygen atoms in total. The van der Waals surface area contributed by atoms with Crippen LogP contribution in [0.4, 0.5) is 43.9 Å². The van der Waals surface area contributed by atoms with Crippen molar-refractivity contribution >= 4 is 15.5 Å². The molecule has 44 heavy (non-hydrogen) atoms. The van der Waals surface area contributed by atoms with Crippen molar-refractivity contribution in [2.45, 2.75) is 5.60 Å². The Bertz CT molecular complexity index is 1580. The van der Waals surface area contributed by atoms with E-state index in [2.05, 4.69) is 0 Å². The average Bonchev–Trinajstić information content (AvgIpc) is 3.06. The molecule has 0 saturated carbocycles. The number of hydrogen-bond acceptors (Lipinski definition) is 2. The van der Waals surface area contributed by atoms with Crippen LogP contribution in [0.1, 0.15) is 16.7 Å². The Morgan fingerprint density at radius 3 is 0.841 bits per heavy atom. The van der Waals surface area contributed by atoms with Crippen molar-refractivity contribution in [3.8, 4) is 11.1 Å². The van der Waals surface area contributed by atoms with Crippen LogP contribution >= 0.6 is 0 Å². The number of halogens is 10. The van der Waals surface area contributed by atoms with Gasteiger partial charge in [0, 0.05) is 0 Å². The standard InChI is InChI=1S/C19H15O.C12F10.Al.O/c20-19(16-10-4-1-5-11-16,17-12-6-2-7-13-17)18-14-8-3-9-15-18;13-3-1(4(14)8(18)11(21)7(3)17)2-5(15)9(19)12(22)10(20)6(2)16;;/h1-15H;;;/q-1;;+1;. The molecule has 0 aliphatic carbocycles. The first-order valence-corrected chi connectivity index (χ1v) is 13.2. The summed E-state index contributed by atoms with van der Waals surface area (Å²) in [5.74, 6) is -26.6. The van der Waals surface area contributed by atoms with E-state index in [0.29, 0.717) is 0 Å². The molecular weight excluding hydrogens is 621 g/mol. The number of hydrogen-bond donors (Lipinski definition) is 0. The quantitative estimate of drug-likeness (QED) is 0.0613. The van der Waals surface area contributed by atoms with Gasteiger partial charge in [0.05, 0.1) is 11.1 Å². The Hall–Kier alpha value is -4.47. The van der Waals surface area contributed by atoms with Crippen LogP contribution in [0.2, 0.25) is 0 Å². The zero-order valence-corrected chi connectivity index (χ0v) is 23.0. The topological polar surface area (TPSA) is 26.3 Å². The molecule has 5 aromatic rings. The first-order valence-electron chi connectivity index (χ1n) is 12.3. The summed E-state index contributed by atoms with van der Waals surface area (Å²) >= 11 is -1.37. The molecule has 5 aromatic carbocycles. The van der Waals surface area contributed by atoms with Gasteiger partial charge in [-0.15, -0.1) is 0 Å². The van der Waals surface area contributed by atoms with Crippen molar-refractivity contribution in [3.63, 3.8) is 0 Å². The summed E-state index contributed by atoms with van der Waals surface area (Å²) in [6.45, 7) is 0. The predicted octanol–water partition coefficient (Wildman–Crippen LogP) is 8.70. The Kier molecular flexibility index (Phi) is 9.92. The zero-order chi connectivity index (χ0) is 32.2. The predicted molar refractivity (Wildman–Crippen MR) is 138 cm³/mol. The minimum atomic E-state index is -2.68. The summed E-state index contributed by atoms with van der Waals surface area (Å²) in [7, 11) is 0. The fourth-order valence-corrected chi connectivity index (χ4v) is 5.00. The fraction of sp³-hybridized carbons (Fsp3) is 0.0323. The Morgan fingerprint density at radius 1 is 0.386 bits per heavy atom. The van der Waals surface area contributed by atoms with E-state index in [1.54, 1.807) is 0 Å². The van der Waals surface area contributed by atoms with Gasteiger partial charge in [0.15, 0.2) is 46.5 Å². The molecule has 0 spiro atoms. The molecule has 0 aliphatic heterocycles. The van der Waals surface area contributed by atoms with Gasteiger partial charge in [0.25, 0.3) is 0 Å². The number of benzene rings is 5. The Labute approximate surface area is 249 Å². The van der Waals surface area contributed by atoms with Crippen LogP contribution in [0.25, 0.3) is 11.1 Å². The third kappa shape index (κ3) is 5.73. The van der Waals surface area contributed by atoms with E-state index in [1.807, 2.05) is 91.0 Å². The molecule has 5 rings (SSSR count). The summed E-state index contributed by atoms with van der Waals surface area (Å²) < 4.78 is 149. The first kappa shape index (κ1) is 32.4. The number of rotatable bonds is 6. The third-order valence-corrected chi connectivity index (χ3v) is 6.89. The monoisotopic (exact) mass is 636 g/mol. The molecule has 0 bridgehead atoms. The van der Waals surface area contributed by atoms with Gasteiger partial charge in [0.1, 0.15) is 0 Å². The molecule has 0 saturated heterocycles. The van der Waals surface area contributed by atoms with Crippen LogP contribution in [-0.2, 0) is 13.2 Å². The van der Waals surface area contributed by atoms with E-state index >= 15 is 0 Å². The Balaban J connectivity index is 0.000000201. The van der Waals surface area contributed by atoms with E-state index in [-0.39, 0.29) is 0 Å². The van der Waals surface area contributed by atoms with E-state index in [1.165, 1.54) is 0 Å². The second kappa shape index (κ2) is 13.4. The zero-order valence-electron chi connectivity index (χ0n) is 21.8. The van der Waals surface area contributed by atoms with Gasteiger partial charge in [-0.1, -0.05) is 0 Å². The van der Waals surface area contributed by atoms with E-state index < -0.39 is 90.4 Å². The fourth-order valence-electron chi connectivity index (χ4n) is 4.44. The average molecular weight is 636 g/mol. The van der Waals surface area contributed by atoms with Crippen LogP contribution in [-0.4, -0.2) is 15.5 Å². The second-order valence-electron chi connectivity index (χ2n) is 8.88. The van der Waals surface area contributed by atoms with Gasteiger partial charge < -0.3 is 0 Å². The van der Waals surface area contributed by atoms with Crippen LogP contribution in [0.15, 0.2) is 91.0 Å². The molecule has 0 heterocycles. The summed E-state index contributed by atoms with van der Waals surface area (Å²) in [6, 6.07) is 29.8. The molecule has 0 aromatic heterocycles. The van der Waals surface area contributed by atoms with Crippen molar-refractivity contribution in [2.75, 3.05) is 0 Å². The van der Waals surface area contributed by atoms with E-state index in [0.717, 1.165) is 16.7 Å². The van der Waals surface area contributed by atoms with Gasteiger partial charge in [-0.3, -0.25) is 0 Å². The van der Waals surface area contributed by atoms with Crippen molar-refractivity contribution in [1.29, 1.82) is 0 Å². The van der Waals surface area contributed by atoms with Crippen molar-refractivity contribution in [1.82, 2.24) is 0 Å². The van der Waals surface area contributed by atoms with Crippen molar-refractivity contribution < 1.29 is 51.5 Å². The van der Waals surface area contributed by atoms with Gasteiger partial charge >= 0.3 is 136 Å². The van der Waals surface area contributed by atoms with Crippen LogP contribution in [0.5, 0.6) is 0 Å². The summed E-state index contributed by atoms with van der Waals surface area (Å²) in [5, 5.41) is 0. The van der Waals surface area contributed by atoms with Gasteiger partial charge in [-0.2, -0.15) is 0 Å². The molecule has 224 valence electrons. The first-order chi connectivity index (χ1) is 21.0. The molecule has 0 atom stereocenters. The molecule has 0 aliphatic rings. The van der Waals surface area contributed by atoms with Gasteiger partial charge in [-0.05, 0) is 0 Å². The third-order valence-electron chi connectivity index (χ3n) is 6.44. The summed E-state index contributed by atoms with van der Waals surface area (Å²) in [5.41, 5.74) is -2.46. The van der Waals surface area contributed by atoms with E-state index in [4.69, 9.17) is 3.79 Å². The molecule has 0 radical (unpaired) electrons. The molecule has 0 unspecified atom stereocenters. The molecular formula is C31H15AlF10O2. The molecule has 0 N–H and O–H groups in total. The maximum atomic E-state index is 13.4. The maximum absolute atomic E-state index is 13.4. The van der Waals surface area contributed by atoms with Crippen molar-refractivity contribution in [3.05, 3.63) is 166 Å².